The lowest BCUT2D eigenvalue weighted by molar-refractivity contribution is -0.128. The average Bonchev–Trinajstić information content (AvgIpc) is 3.05. The number of anilines is 1. The van der Waals surface area contributed by atoms with Crippen LogP contribution in [0.2, 0.25) is 0 Å². The molecule has 0 saturated carbocycles. The molecule has 2 heterocycles. The van der Waals surface area contributed by atoms with Gasteiger partial charge in [-0.2, -0.15) is 0 Å². The van der Waals surface area contributed by atoms with Crippen molar-refractivity contribution in [2.24, 2.45) is 0 Å². The summed E-state index contributed by atoms with van der Waals surface area (Å²) in [5.41, 5.74) is 5.07. The van der Waals surface area contributed by atoms with Crippen molar-refractivity contribution in [2.45, 2.75) is 20.8 Å². The zero-order valence-corrected chi connectivity index (χ0v) is 19.8. The van der Waals surface area contributed by atoms with E-state index in [0.29, 0.717) is 5.69 Å². The van der Waals surface area contributed by atoms with Gasteiger partial charge < -0.3 is 4.57 Å². The Bertz CT molecular complexity index is 1290. The topological polar surface area (TPSA) is 62.6 Å². The number of halogens is 1. The lowest BCUT2D eigenvalue weighted by Gasteiger charge is -2.31. The Kier molecular flexibility index (Phi) is 5.60. The van der Waals surface area contributed by atoms with Crippen LogP contribution in [0.25, 0.3) is 11.8 Å². The number of barbiturate groups is 1. The summed E-state index contributed by atoms with van der Waals surface area (Å²) in [6, 6.07) is 15.9. The number of para-hydroxylation sites is 1. The number of hydrogen-bond acceptors (Lipinski definition) is 3. The maximum atomic E-state index is 13.2. The summed E-state index contributed by atoms with van der Waals surface area (Å²) in [4.78, 5) is 40.8. The third kappa shape index (κ3) is 3.58. The van der Waals surface area contributed by atoms with Crippen molar-refractivity contribution in [3.8, 4) is 5.69 Å². The van der Waals surface area contributed by atoms with Crippen molar-refractivity contribution in [1.29, 1.82) is 0 Å². The minimum Gasteiger partial charge on any atom is -0.318 e. The summed E-state index contributed by atoms with van der Waals surface area (Å²) in [5, 5.41) is 0. The average molecular weight is 492 g/mol. The standard InChI is InChI=1S/C25H22BrN3O3/c1-15-12-20(10-11-22(15)26)28-16(2)13-18(17(28)3)14-21-23(30)27(4)25(32)29(24(21)31)19-8-6-5-7-9-19/h5-14H,1-4H3/b21-14+. The number of aryl methyl sites for hydroxylation is 2. The van der Waals surface area contributed by atoms with E-state index < -0.39 is 17.8 Å². The fourth-order valence-corrected chi connectivity index (χ4v) is 4.15. The molecule has 3 aromatic rings. The van der Waals surface area contributed by atoms with Gasteiger partial charge in [0.15, 0.2) is 0 Å². The molecule has 0 bridgehead atoms. The molecule has 2 aromatic carbocycles. The van der Waals surface area contributed by atoms with Crippen molar-refractivity contribution in [2.75, 3.05) is 11.9 Å². The van der Waals surface area contributed by atoms with Gasteiger partial charge in [0, 0.05) is 28.6 Å². The number of amides is 4. The molecule has 0 spiro atoms. The molecule has 4 amide bonds. The van der Waals surface area contributed by atoms with Gasteiger partial charge in [-0.05, 0) is 74.4 Å². The van der Waals surface area contributed by atoms with Crippen LogP contribution in [0.15, 0.2) is 64.6 Å². The number of aromatic nitrogens is 1. The second-order valence-corrected chi connectivity index (χ2v) is 8.63. The molecule has 0 aliphatic carbocycles. The number of urea groups is 1. The van der Waals surface area contributed by atoms with Gasteiger partial charge in [-0.25, -0.2) is 9.69 Å². The Morgan fingerprint density at radius 3 is 2.19 bits per heavy atom. The number of imide groups is 2. The van der Waals surface area contributed by atoms with E-state index in [1.54, 1.807) is 36.4 Å². The number of carbonyl (C=O) groups excluding carboxylic acids is 3. The second kappa shape index (κ2) is 8.24. The first-order valence-corrected chi connectivity index (χ1v) is 10.9. The van der Waals surface area contributed by atoms with E-state index in [-0.39, 0.29) is 5.57 Å². The number of carbonyl (C=O) groups is 3. The summed E-state index contributed by atoms with van der Waals surface area (Å²) < 4.78 is 3.10. The molecule has 162 valence electrons. The van der Waals surface area contributed by atoms with Crippen LogP contribution in [0.4, 0.5) is 10.5 Å². The van der Waals surface area contributed by atoms with E-state index in [4.69, 9.17) is 0 Å². The van der Waals surface area contributed by atoms with Crippen molar-refractivity contribution in [1.82, 2.24) is 9.47 Å². The minimum absolute atomic E-state index is 0.0526. The third-order valence-corrected chi connectivity index (χ3v) is 6.52. The zero-order chi connectivity index (χ0) is 23.2. The van der Waals surface area contributed by atoms with Crippen LogP contribution in [-0.2, 0) is 9.59 Å². The molecule has 0 atom stereocenters. The lowest BCUT2D eigenvalue weighted by atomic mass is 10.1. The summed E-state index contributed by atoms with van der Waals surface area (Å²) in [6.07, 6.45) is 1.58. The number of rotatable bonds is 3. The van der Waals surface area contributed by atoms with E-state index >= 15 is 0 Å². The predicted octanol–water partition coefficient (Wildman–Crippen LogP) is 5.17. The van der Waals surface area contributed by atoms with Gasteiger partial charge in [0.05, 0.1) is 5.69 Å². The SMILES string of the molecule is Cc1cc(-n2c(C)cc(/C=C3\C(=O)N(C)C(=O)N(c4ccccc4)C3=O)c2C)ccc1Br. The van der Waals surface area contributed by atoms with Crippen LogP contribution < -0.4 is 4.90 Å². The Hall–Kier alpha value is -3.45. The Labute approximate surface area is 194 Å². The predicted molar refractivity (Wildman–Crippen MR) is 128 cm³/mol. The molecule has 32 heavy (non-hydrogen) atoms. The van der Waals surface area contributed by atoms with Gasteiger partial charge in [0.2, 0.25) is 0 Å². The van der Waals surface area contributed by atoms with Crippen LogP contribution in [0, 0.1) is 20.8 Å². The molecule has 1 aromatic heterocycles. The van der Waals surface area contributed by atoms with Crippen LogP contribution in [0.1, 0.15) is 22.5 Å². The first kappa shape index (κ1) is 21.8. The van der Waals surface area contributed by atoms with E-state index in [9.17, 15) is 14.4 Å². The Morgan fingerprint density at radius 2 is 1.53 bits per heavy atom. The largest absolute Gasteiger partial charge is 0.338 e. The highest BCUT2D eigenvalue weighted by Gasteiger charge is 2.41. The van der Waals surface area contributed by atoms with Gasteiger partial charge in [0.1, 0.15) is 5.57 Å². The molecule has 0 radical (unpaired) electrons. The van der Waals surface area contributed by atoms with Crippen molar-refractivity contribution >= 4 is 45.5 Å². The van der Waals surface area contributed by atoms with Gasteiger partial charge in [-0.15, -0.1) is 0 Å². The first-order chi connectivity index (χ1) is 15.2. The van der Waals surface area contributed by atoms with Crippen molar-refractivity contribution in [3.63, 3.8) is 0 Å². The number of likely N-dealkylation sites (N-methyl/N-ethyl adjacent to an activating group) is 1. The second-order valence-electron chi connectivity index (χ2n) is 7.78. The highest BCUT2D eigenvalue weighted by molar-refractivity contribution is 9.10. The fourth-order valence-electron chi connectivity index (χ4n) is 3.90. The van der Waals surface area contributed by atoms with Crippen molar-refractivity contribution in [3.05, 3.63) is 87.2 Å². The first-order valence-electron chi connectivity index (χ1n) is 10.1. The maximum absolute atomic E-state index is 13.2. The molecule has 0 N–H and O–H groups in total. The summed E-state index contributed by atoms with van der Waals surface area (Å²) >= 11 is 3.53. The van der Waals surface area contributed by atoms with Crippen LogP contribution in [0.5, 0.6) is 0 Å². The van der Waals surface area contributed by atoms with E-state index in [1.165, 1.54) is 7.05 Å². The van der Waals surface area contributed by atoms with Gasteiger partial charge in [-0.1, -0.05) is 34.1 Å². The van der Waals surface area contributed by atoms with Crippen molar-refractivity contribution < 1.29 is 14.4 Å². The van der Waals surface area contributed by atoms with Gasteiger partial charge >= 0.3 is 6.03 Å². The van der Waals surface area contributed by atoms with Crippen LogP contribution >= 0.6 is 15.9 Å². The van der Waals surface area contributed by atoms with Crippen LogP contribution in [-0.4, -0.2) is 34.4 Å². The zero-order valence-electron chi connectivity index (χ0n) is 18.2. The molecule has 6 nitrogen and oxygen atoms in total. The van der Waals surface area contributed by atoms with E-state index in [0.717, 1.165) is 42.5 Å². The maximum Gasteiger partial charge on any atom is 0.338 e. The van der Waals surface area contributed by atoms with E-state index in [1.807, 2.05) is 39.0 Å². The Balaban J connectivity index is 1.80. The molecule has 1 aliphatic rings. The summed E-state index contributed by atoms with van der Waals surface area (Å²) in [7, 11) is 1.38. The Morgan fingerprint density at radius 1 is 0.844 bits per heavy atom. The minimum atomic E-state index is -0.667. The third-order valence-electron chi connectivity index (χ3n) is 5.63. The van der Waals surface area contributed by atoms with Gasteiger partial charge in [0.25, 0.3) is 11.8 Å². The molecule has 0 unspecified atom stereocenters. The summed E-state index contributed by atoms with van der Waals surface area (Å²) in [5.74, 6) is -1.25. The molecule has 1 saturated heterocycles. The summed E-state index contributed by atoms with van der Waals surface area (Å²) in [6.45, 7) is 5.94. The lowest BCUT2D eigenvalue weighted by Crippen LogP contribution is -2.55. The smallest absolute Gasteiger partial charge is 0.318 e. The molecule has 4 rings (SSSR count). The molecule has 1 fully saturated rings. The molecule has 7 heteroatoms. The van der Waals surface area contributed by atoms with E-state index in [2.05, 4.69) is 26.6 Å². The molecule has 1 aliphatic heterocycles. The van der Waals surface area contributed by atoms with Crippen LogP contribution in [0.3, 0.4) is 0 Å². The quantitative estimate of drug-likeness (QED) is 0.374. The normalized spacial score (nSPS) is 15.8. The number of benzene rings is 2. The monoisotopic (exact) mass is 491 g/mol. The van der Waals surface area contributed by atoms with Gasteiger partial charge in [-0.3, -0.25) is 14.5 Å². The highest BCUT2D eigenvalue weighted by Crippen LogP contribution is 2.29. The molecular formula is C25H22BrN3O3. The number of nitrogens with zero attached hydrogens (tertiary/aromatic N) is 3. The number of hydrogen-bond donors (Lipinski definition) is 0. The highest BCUT2D eigenvalue weighted by atomic mass is 79.9. The molecular weight excluding hydrogens is 470 g/mol. The fraction of sp³-hybridized carbons (Fsp3) is 0.160.